The molecule has 1 aliphatic rings. The van der Waals surface area contributed by atoms with E-state index in [0.717, 1.165) is 5.56 Å². The maximum atomic E-state index is 13.2. The molecule has 11 heteroatoms. The minimum absolute atomic E-state index is 0.111. The van der Waals surface area contributed by atoms with E-state index in [2.05, 4.69) is 4.72 Å². The van der Waals surface area contributed by atoms with Crippen molar-refractivity contribution in [3.05, 3.63) is 77.6 Å². The first-order valence-corrected chi connectivity index (χ1v) is 13.9. The van der Waals surface area contributed by atoms with Crippen molar-refractivity contribution in [1.82, 2.24) is 9.62 Å². The number of methoxy groups -OCH3 is 3. The fourth-order valence-electron chi connectivity index (χ4n) is 4.41. The SMILES string of the molecule is COc1cc(OC)cc(C(=O)N2CCN(c3cc(S(=O)(=O)NCCc4ccc(F)cc4)ccc3OC)CC2)c1. The second-order valence-electron chi connectivity index (χ2n) is 8.99. The number of nitrogens with one attached hydrogen (secondary N) is 1. The molecule has 1 amide bonds. The number of hydrogen-bond acceptors (Lipinski definition) is 7. The van der Waals surface area contributed by atoms with Crippen LogP contribution in [-0.4, -0.2) is 73.3 Å². The average Bonchev–Trinajstić information content (AvgIpc) is 2.97. The van der Waals surface area contributed by atoms with Gasteiger partial charge in [-0.05, 0) is 54.4 Å². The van der Waals surface area contributed by atoms with Gasteiger partial charge < -0.3 is 24.0 Å². The van der Waals surface area contributed by atoms with E-state index in [1.807, 2.05) is 4.90 Å². The molecule has 3 aromatic carbocycles. The molecule has 208 valence electrons. The largest absolute Gasteiger partial charge is 0.497 e. The van der Waals surface area contributed by atoms with Crippen LogP contribution in [0.25, 0.3) is 0 Å². The Hall–Kier alpha value is -3.83. The predicted octanol–water partition coefficient (Wildman–Crippen LogP) is 3.33. The molecule has 0 unspecified atom stereocenters. The zero-order valence-corrected chi connectivity index (χ0v) is 23.0. The first-order valence-electron chi connectivity index (χ1n) is 12.4. The van der Waals surface area contributed by atoms with Crippen LogP contribution in [0.1, 0.15) is 15.9 Å². The Morgan fingerprint density at radius 3 is 2.10 bits per heavy atom. The highest BCUT2D eigenvalue weighted by molar-refractivity contribution is 7.89. The fourth-order valence-corrected chi connectivity index (χ4v) is 5.46. The molecule has 0 atom stereocenters. The molecule has 1 saturated heterocycles. The maximum absolute atomic E-state index is 13.2. The first-order chi connectivity index (χ1) is 18.7. The van der Waals surface area contributed by atoms with Crippen LogP contribution < -0.4 is 23.8 Å². The van der Waals surface area contributed by atoms with Crippen LogP contribution in [0.4, 0.5) is 10.1 Å². The molecule has 1 N–H and O–H groups in total. The number of ether oxygens (including phenoxy) is 3. The van der Waals surface area contributed by atoms with Gasteiger partial charge in [0.15, 0.2) is 0 Å². The molecule has 1 aliphatic heterocycles. The summed E-state index contributed by atoms with van der Waals surface area (Å²) < 4.78 is 57.8. The first kappa shape index (κ1) is 28.2. The van der Waals surface area contributed by atoms with Crippen LogP contribution in [-0.2, 0) is 16.4 Å². The molecule has 0 spiro atoms. The van der Waals surface area contributed by atoms with Crippen molar-refractivity contribution < 1.29 is 31.8 Å². The van der Waals surface area contributed by atoms with Crippen LogP contribution in [0.3, 0.4) is 0 Å². The molecular formula is C28H32FN3O6S. The van der Waals surface area contributed by atoms with Crippen molar-refractivity contribution >= 4 is 21.6 Å². The van der Waals surface area contributed by atoms with Gasteiger partial charge in [0, 0.05) is 44.4 Å². The van der Waals surface area contributed by atoms with Crippen molar-refractivity contribution in [1.29, 1.82) is 0 Å². The Morgan fingerprint density at radius 1 is 0.872 bits per heavy atom. The lowest BCUT2D eigenvalue weighted by Gasteiger charge is -2.36. The lowest BCUT2D eigenvalue weighted by Crippen LogP contribution is -2.49. The van der Waals surface area contributed by atoms with Crippen molar-refractivity contribution in [2.75, 3.05) is 59.0 Å². The van der Waals surface area contributed by atoms with E-state index in [0.29, 0.717) is 61.1 Å². The topological polar surface area (TPSA) is 97.4 Å². The third-order valence-electron chi connectivity index (χ3n) is 6.59. The van der Waals surface area contributed by atoms with Crippen LogP contribution in [0, 0.1) is 5.82 Å². The van der Waals surface area contributed by atoms with Crippen LogP contribution >= 0.6 is 0 Å². The van der Waals surface area contributed by atoms with Gasteiger partial charge in [-0.15, -0.1) is 0 Å². The summed E-state index contributed by atoms with van der Waals surface area (Å²) in [5, 5.41) is 0. The average molecular weight is 558 g/mol. The summed E-state index contributed by atoms with van der Waals surface area (Å²) in [5.74, 6) is 1.13. The van der Waals surface area contributed by atoms with E-state index in [4.69, 9.17) is 14.2 Å². The van der Waals surface area contributed by atoms with Gasteiger partial charge in [0.05, 0.1) is 31.9 Å². The number of amides is 1. The molecule has 1 fully saturated rings. The summed E-state index contributed by atoms with van der Waals surface area (Å²) in [6.45, 7) is 2.03. The third-order valence-corrected chi connectivity index (χ3v) is 8.04. The fraction of sp³-hybridized carbons (Fsp3) is 0.321. The number of hydrogen-bond donors (Lipinski definition) is 1. The zero-order chi connectivity index (χ0) is 28.0. The van der Waals surface area contributed by atoms with E-state index in [1.165, 1.54) is 39.5 Å². The van der Waals surface area contributed by atoms with Crippen molar-refractivity contribution in [2.45, 2.75) is 11.3 Å². The highest BCUT2D eigenvalue weighted by Gasteiger charge is 2.26. The standard InChI is InChI=1S/C28H32FN3O6S/c1-36-23-16-21(17-24(18-23)37-2)28(33)32-14-12-31(13-15-32)26-19-25(8-9-27(26)38-3)39(34,35)30-11-10-20-4-6-22(29)7-5-20/h4-9,16-19,30H,10-15H2,1-3H3. The van der Waals surface area contributed by atoms with E-state index in [1.54, 1.807) is 47.4 Å². The zero-order valence-electron chi connectivity index (χ0n) is 22.1. The van der Waals surface area contributed by atoms with E-state index < -0.39 is 10.0 Å². The second kappa shape index (κ2) is 12.4. The lowest BCUT2D eigenvalue weighted by atomic mass is 10.1. The quantitative estimate of drug-likeness (QED) is 0.409. The number of benzene rings is 3. The van der Waals surface area contributed by atoms with Gasteiger partial charge in [-0.2, -0.15) is 0 Å². The molecule has 0 aliphatic carbocycles. The highest BCUT2D eigenvalue weighted by atomic mass is 32.2. The van der Waals surface area contributed by atoms with Gasteiger partial charge in [0.25, 0.3) is 5.91 Å². The molecule has 0 bridgehead atoms. The van der Waals surface area contributed by atoms with Crippen molar-refractivity contribution in [2.24, 2.45) is 0 Å². The van der Waals surface area contributed by atoms with Crippen LogP contribution in [0.15, 0.2) is 65.6 Å². The van der Waals surface area contributed by atoms with Gasteiger partial charge in [0.1, 0.15) is 23.1 Å². The Bertz CT molecular complexity index is 1390. The van der Waals surface area contributed by atoms with Gasteiger partial charge in [0.2, 0.25) is 10.0 Å². The number of anilines is 1. The summed E-state index contributed by atoms with van der Waals surface area (Å²) >= 11 is 0. The Balaban J connectivity index is 1.43. The van der Waals surface area contributed by atoms with E-state index in [9.17, 15) is 17.6 Å². The molecule has 0 saturated carbocycles. The molecule has 3 aromatic rings. The summed E-state index contributed by atoms with van der Waals surface area (Å²) in [4.78, 5) is 17.0. The Morgan fingerprint density at radius 2 is 1.51 bits per heavy atom. The number of sulfonamides is 1. The predicted molar refractivity (Wildman–Crippen MR) is 146 cm³/mol. The summed E-state index contributed by atoms with van der Waals surface area (Å²) in [7, 11) is 0.804. The number of nitrogens with zero attached hydrogens (tertiary/aromatic N) is 2. The monoisotopic (exact) mass is 557 g/mol. The molecule has 0 aromatic heterocycles. The Labute approximate surface area is 228 Å². The summed E-state index contributed by atoms with van der Waals surface area (Å²) in [6, 6.07) is 15.7. The van der Waals surface area contributed by atoms with Crippen LogP contribution in [0.5, 0.6) is 17.2 Å². The smallest absolute Gasteiger partial charge is 0.254 e. The summed E-state index contributed by atoms with van der Waals surface area (Å²) in [5.41, 5.74) is 1.93. The Kier molecular flexibility index (Phi) is 8.93. The lowest BCUT2D eigenvalue weighted by molar-refractivity contribution is 0.0746. The minimum Gasteiger partial charge on any atom is -0.497 e. The van der Waals surface area contributed by atoms with E-state index >= 15 is 0 Å². The number of carbonyl (C=O) groups excluding carboxylic acids is 1. The normalized spacial score (nSPS) is 13.7. The molecule has 1 heterocycles. The minimum atomic E-state index is -3.79. The number of halogens is 1. The summed E-state index contributed by atoms with van der Waals surface area (Å²) in [6.07, 6.45) is 0.428. The highest BCUT2D eigenvalue weighted by Crippen LogP contribution is 2.32. The number of carbonyl (C=O) groups is 1. The number of piperazine rings is 1. The molecular weight excluding hydrogens is 525 g/mol. The molecule has 0 radical (unpaired) electrons. The van der Waals surface area contributed by atoms with Crippen LogP contribution in [0.2, 0.25) is 0 Å². The third kappa shape index (κ3) is 6.79. The van der Waals surface area contributed by atoms with Gasteiger partial charge >= 0.3 is 0 Å². The van der Waals surface area contributed by atoms with Gasteiger partial charge in [-0.25, -0.2) is 17.5 Å². The van der Waals surface area contributed by atoms with Gasteiger partial charge in [-0.1, -0.05) is 12.1 Å². The van der Waals surface area contributed by atoms with Crippen molar-refractivity contribution in [3.8, 4) is 17.2 Å². The molecule has 39 heavy (non-hydrogen) atoms. The maximum Gasteiger partial charge on any atom is 0.254 e. The van der Waals surface area contributed by atoms with E-state index in [-0.39, 0.29) is 23.2 Å². The number of rotatable bonds is 10. The molecule has 4 rings (SSSR count). The van der Waals surface area contributed by atoms with Crippen molar-refractivity contribution in [3.63, 3.8) is 0 Å². The van der Waals surface area contributed by atoms with Gasteiger partial charge in [-0.3, -0.25) is 4.79 Å². The second-order valence-corrected chi connectivity index (χ2v) is 10.8. The molecule has 9 nitrogen and oxygen atoms in total.